The molecule has 0 unspecified atom stereocenters. The molecular formula is C19H23NO2. The predicted molar refractivity (Wildman–Crippen MR) is 89.1 cm³/mol. The topological polar surface area (TPSA) is 29.5 Å². The van der Waals surface area contributed by atoms with Crippen LogP contribution in [0.4, 0.5) is 0 Å². The second-order valence-corrected chi connectivity index (χ2v) is 5.71. The lowest BCUT2D eigenvalue weighted by Crippen LogP contribution is -2.31. The number of nitrogens with zero attached hydrogens (tertiary/aromatic N) is 1. The molecule has 116 valence electrons. The monoisotopic (exact) mass is 297 g/mol. The summed E-state index contributed by atoms with van der Waals surface area (Å²) in [5.41, 5.74) is 4.73. The van der Waals surface area contributed by atoms with Crippen molar-refractivity contribution in [3.05, 3.63) is 64.7 Å². The molecule has 0 aliphatic rings. The molecule has 0 fully saturated rings. The number of ether oxygens (including phenoxy) is 1. The zero-order chi connectivity index (χ0) is 16.1. The number of amides is 1. The Balaban J connectivity index is 1.91. The Kier molecular flexibility index (Phi) is 5.21. The fraction of sp³-hybridized carbons (Fsp3) is 0.316. The maximum absolute atomic E-state index is 12.2. The zero-order valence-corrected chi connectivity index (χ0v) is 13.7. The van der Waals surface area contributed by atoms with E-state index in [1.807, 2.05) is 43.3 Å². The van der Waals surface area contributed by atoms with E-state index in [0.29, 0.717) is 6.54 Å². The third-order valence-electron chi connectivity index (χ3n) is 3.94. The maximum Gasteiger partial charge on any atom is 0.260 e. The van der Waals surface area contributed by atoms with Gasteiger partial charge in [0.1, 0.15) is 5.75 Å². The summed E-state index contributed by atoms with van der Waals surface area (Å²) >= 11 is 0. The first kappa shape index (κ1) is 16.1. The number of hydrogen-bond donors (Lipinski definition) is 0. The lowest BCUT2D eigenvalue weighted by atomic mass is 10.1. The van der Waals surface area contributed by atoms with E-state index in [0.717, 1.165) is 11.3 Å². The van der Waals surface area contributed by atoms with E-state index in [1.54, 1.807) is 11.9 Å². The number of hydrogen-bond acceptors (Lipinski definition) is 2. The molecule has 0 heterocycles. The molecule has 3 nitrogen and oxygen atoms in total. The van der Waals surface area contributed by atoms with Gasteiger partial charge >= 0.3 is 0 Å². The van der Waals surface area contributed by atoms with E-state index in [4.69, 9.17) is 4.74 Å². The van der Waals surface area contributed by atoms with E-state index in [2.05, 4.69) is 19.9 Å². The summed E-state index contributed by atoms with van der Waals surface area (Å²) in [4.78, 5) is 13.9. The van der Waals surface area contributed by atoms with Crippen molar-refractivity contribution in [2.75, 3.05) is 13.7 Å². The minimum atomic E-state index is -0.0264. The number of likely N-dealkylation sites (N-methyl/N-ethyl adjacent to an activating group) is 1. The van der Waals surface area contributed by atoms with Gasteiger partial charge in [-0.15, -0.1) is 0 Å². The average Bonchev–Trinajstić information content (AvgIpc) is 2.50. The minimum absolute atomic E-state index is 0.0264. The lowest BCUT2D eigenvalue weighted by molar-refractivity contribution is -0.132. The van der Waals surface area contributed by atoms with Gasteiger partial charge in [-0.2, -0.15) is 0 Å². The minimum Gasteiger partial charge on any atom is -0.484 e. The Hall–Kier alpha value is -2.29. The van der Waals surface area contributed by atoms with Crippen LogP contribution in [0.3, 0.4) is 0 Å². The highest BCUT2D eigenvalue weighted by molar-refractivity contribution is 5.77. The smallest absolute Gasteiger partial charge is 0.260 e. The molecule has 0 atom stereocenters. The highest BCUT2D eigenvalue weighted by Gasteiger charge is 2.11. The molecular weight excluding hydrogens is 274 g/mol. The highest BCUT2D eigenvalue weighted by Crippen LogP contribution is 2.16. The number of carbonyl (C=O) groups is 1. The maximum atomic E-state index is 12.2. The first-order valence-electron chi connectivity index (χ1n) is 7.46. The van der Waals surface area contributed by atoms with Crippen molar-refractivity contribution >= 4 is 5.91 Å². The van der Waals surface area contributed by atoms with E-state index in [1.165, 1.54) is 16.7 Å². The van der Waals surface area contributed by atoms with Crippen LogP contribution in [-0.2, 0) is 11.3 Å². The van der Waals surface area contributed by atoms with Crippen LogP contribution in [0.1, 0.15) is 22.3 Å². The largest absolute Gasteiger partial charge is 0.484 e. The van der Waals surface area contributed by atoms with Gasteiger partial charge < -0.3 is 9.64 Å². The summed E-state index contributed by atoms with van der Waals surface area (Å²) in [6.07, 6.45) is 0. The number of carbonyl (C=O) groups excluding carboxylic acids is 1. The Morgan fingerprint density at radius 1 is 1.00 bits per heavy atom. The lowest BCUT2D eigenvalue weighted by Gasteiger charge is -2.19. The molecule has 2 aromatic carbocycles. The molecule has 0 aliphatic carbocycles. The zero-order valence-electron chi connectivity index (χ0n) is 13.7. The summed E-state index contributed by atoms with van der Waals surface area (Å²) in [5, 5.41) is 0. The van der Waals surface area contributed by atoms with E-state index < -0.39 is 0 Å². The number of aryl methyl sites for hydroxylation is 3. The number of benzene rings is 2. The van der Waals surface area contributed by atoms with E-state index in [-0.39, 0.29) is 12.5 Å². The van der Waals surface area contributed by atoms with Gasteiger partial charge in [-0.3, -0.25) is 4.79 Å². The van der Waals surface area contributed by atoms with E-state index in [9.17, 15) is 4.79 Å². The Labute approximate surface area is 132 Å². The fourth-order valence-electron chi connectivity index (χ4n) is 2.19. The third-order valence-corrected chi connectivity index (χ3v) is 3.94. The predicted octanol–water partition coefficient (Wildman–Crippen LogP) is 3.65. The molecule has 0 bridgehead atoms. The van der Waals surface area contributed by atoms with Crippen LogP contribution in [0.2, 0.25) is 0 Å². The normalized spacial score (nSPS) is 10.4. The first-order chi connectivity index (χ1) is 10.5. The molecule has 0 spiro atoms. The molecule has 0 aliphatic heterocycles. The standard InChI is InChI=1S/C19H23NO2/c1-14-9-10-18(11-16(14)3)22-13-19(21)20(4)12-17-8-6-5-7-15(17)2/h5-11H,12-13H2,1-4H3. The molecule has 0 aromatic heterocycles. The summed E-state index contributed by atoms with van der Waals surface area (Å²) in [7, 11) is 1.80. The second-order valence-electron chi connectivity index (χ2n) is 5.71. The van der Waals surface area contributed by atoms with Crippen LogP contribution in [0.15, 0.2) is 42.5 Å². The molecule has 2 aromatic rings. The third kappa shape index (κ3) is 4.10. The van der Waals surface area contributed by atoms with Gasteiger partial charge in [-0.25, -0.2) is 0 Å². The average molecular weight is 297 g/mol. The molecule has 1 amide bonds. The molecule has 2 rings (SSSR count). The molecule has 3 heteroatoms. The highest BCUT2D eigenvalue weighted by atomic mass is 16.5. The Bertz CT molecular complexity index is 664. The van der Waals surface area contributed by atoms with Crippen LogP contribution in [0, 0.1) is 20.8 Å². The van der Waals surface area contributed by atoms with Gasteiger partial charge in [0.25, 0.3) is 5.91 Å². The first-order valence-corrected chi connectivity index (χ1v) is 7.46. The second kappa shape index (κ2) is 7.12. The van der Waals surface area contributed by atoms with E-state index >= 15 is 0 Å². The van der Waals surface area contributed by atoms with Crippen molar-refractivity contribution in [1.82, 2.24) is 4.90 Å². The van der Waals surface area contributed by atoms with Crippen molar-refractivity contribution in [3.8, 4) is 5.75 Å². The van der Waals surface area contributed by atoms with Gasteiger partial charge in [0.15, 0.2) is 6.61 Å². The number of rotatable bonds is 5. The summed E-state index contributed by atoms with van der Waals surface area (Å²) < 4.78 is 5.60. The van der Waals surface area contributed by atoms with Gasteiger partial charge in [0.05, 0.1) is 0 Å². The van der Waals surface area contributed by atoms with Gasteiger partial charge in [0.2, 0.25) is 0 Å². The van der Waals surface area contributed by atoms with Crippen molar-refractivity contribution in [3.63, 3.8) is 0 Å². The summed E-state index contributed by atoms with van der Waals surface area (Å²) in [6.45, 7) is 6.81. The van der Waals surface area contributed by atoms with Gasteiger partial charge in [0, 0.05) is 13.6 Å². The van der Waals surface area contributed by atoms with Crippen LogP contribution in [-0.4, -0.2) is 24.5 Å². The van der Waals surface area contributed by atoms with Crippen molar-refractivity contribution in [2.24, 2.45) is 0 Å². The van der Waals surface area contributed by atoms with Crippen LogP contribution >= 0.6 is 0 Å². The molecule has 0 saturated carbocycles. The van der Waals surface area contributed by atoms with Crippen molar-refractivity contribution in [2.45, 2.75) is 27.3 Å². The Morgan fingerprint density at radius 3 is 2.41 bits per heavy atom. The van der Waals surface area contributed by atoms with Crippen molar-refractivity contribution < 1.29 is 9.53 Å². The van der Waals surface area contributed by atoms with Gasteiger partial charge in [-0.1, -0.05) is 30.3 Å². The quantitative estimate of drug-likeness (QED) is 0.843. The summed E-state index contributed by atoms with van der Waals surface area (Å²) in [6, 6.07) is 14.0. The fourth-order valence-corrected chi connectivity index (χ4v) is 2.19. The molecule has 22 heavy (non-hydrogen) atoms. The van der Waals surface area contributed by atoms with Crippen LogP contribution in [0.5, 0.6) is 5.75 Å². The summed E-state index contributed by atoms with van der Waals surface area (Å²) in [5.74, 6) is 0.710. The Morgan fingerprint density at radius 2 is 1.73 bits per heavy atom. The van der Waals surface area contributed by atoms with Crippen LogP contribution in [0.25, 0.3) is 0 Å². The SMILES string of the molecule is Cc1ccc(OCC(=O)N(C)Cc2ccccc2C)cc1C. The molecule has 0 N–H and O–H groups in total. The van der Waals surface area contributed by atoms with Crippen molar-refractivity contribution in [1.29, 1.82) is 0 Å². The molecule has 0 saturated heterocycles. The molecule has 0 radical (unpaired) electrons. The van der Waals surface area contributed by atoms with Gasteiger partial charge in [-0.05, 0) is 55.2 Å². The van der Waals surface area contributed by atoms with Crippen LogP contribution < -0.4 is 4.74 Å².